The fourth-order valence-corrected chi connectivity index (χ4v) is 5.56. The number of nitrogens with two attached hydrogens (primary N) is 1. The summed E-state index contributed by atoms with van der Waals surface area (Å²) in [7, 11) is 3.94. The third kappa shape index (κ3) is 15.3. The number of amides is 1. The highest BCUT2D eigenvalue weighted by Gasteiger charge is 2.30. The number of alkyl halides is 1. The molecule has 0 aliphatic heterocycles. The second-order valence-corrected chi connectivity index (χ2v) is 13.8. The van der Waals surface area contributed by atoms with E-state index in [2.05, 4.69) is 21.7 Å². The topological polar surface area (TPSA) is 146 Å². The zero-order chi connectivity index (χ0) is 40.4. The summed E-state index contributed by atoms with van der Waals surface area (Å²) in [5.74, 6) is -1.29. The summed E-state index contributed by atoms with van der Waals surface area (Å²) in [5, 5.41) is 14.2. The van der Waals surface area contributed by atoms with Crippen LogP contribution in [0.25, 0.3) is 22.3 Å². The number of halogens is 3. The molecule has 0 saturated carbocycles. The number of hydrogen-bond acceptors (Lipinski definition) is 9. The summed E-state index contributed by atoms with van der Waals surface area (Å²) >= 11 is 16.7. The van der Waals surface area contributed by atoms with E-state index >= 15 is 0 Å². The van der Waals surface area contributed by atoms with Gasteiger partial charge in [-0.3, -0.25) is 0 Å². The van der Waals surface area contributed by atoms with Crippen LogP contribution >= 0.6 is 34.8 Å². The lowest BCUT2D eigenvalue weighted by Crippen LogP contribution is -2.50. The van der Waals surface area contributed by atoms with Crippen LogP contribution in [0.5, 0.6) is 0 Å². The van der Waals surface area contributed by atoms with Crippen LogP contribution in [0.3, 0.4) is 0 Å². The first-order valence-corrected chi connectivity index (χ1v) is 18.3. The zero-order valence-corrected chi connectivity index (χ0v) is 33.7. The number of methoxy groups -OCH3 is 3. The Hall–Kier alpha value is -4.16. The number of esters is 2. The molecular weight excluding hydrogens is 755 g/mol. The molecule has 0 aromatic heterocycles. The van der Waals surface area contributed by atoms with Crippen LogP contribution < -0.4 is 11.1 Å². The Balaban J connectivity index is 0.000000365. The van der Waals surface area contributed by atoms with E-state index in [-0.39, 0.29) is 6.42 Å². The van der Waals surface area contributed by atoms with Crippen LogP contribution in [0.2, 0.25) is 10.0 Å². The lowest BCUT2D eigenvalue weighted by molar-refractivity contribution is -0.153. The Labute approximate surface area is 332 Å². The SMILES string of the molecule is CCl.COC(=O)C(O)[C@@H](Cc1ccc(-c2cccc(Cl)c2)cc1)NC(=O)OC(C)(C)C.COC(=O)C(OC)[C@H](N)Cc1ccc(-c2cccc(Cl)c2)cc1. The molecule has 0 saturated heterocycles. The number of benzene rings is 4. The smallest absolute Gasteiger partial charge is 0.407 e. The summed E-state index contributed by atoms with van der Waals surface area (Å²) in [6.07, 6.45) is -0.817. The third-order valence-electron chi connectivity index (χ3n) is 7.75. The fourth-order valence-electron chi connectivity index (χ4n) is 5.18. The van der Waals surface area contributed by atoms with E-state index in [0.29, 0.717) is 16.5 Å². The highest BCUT2D eigenvalue weighted by Crippen LogP contribution is 2.25. The van der Waals surface area contributed by atoms with Crippen LogP contribution in [0.4, 0.5) is 4.79 Å². The number of carbonyl (C=O) groups is 3. The molecule has 1 amide bonds. The second-order valence-electron chi connectivity index (χ2n) is 12.9. The fraction of sp³-hybridized carbons (Fsp3) is 0.341. The van der Waals surface area contributed by atoms with Gasteiger partial charge in [-0.15, -0.1) is 11.6 Å². The van der Waals surface area contributed by atoms with Gasteiger partial charge in [0.1, 0.15) is 5.60 Å². The van der Waals surface area contributed by atoms with Gasteiger partial charge in [-0.25, -0.2) is 14.4 Å². The minimum absolute atomic E-state index is 0.214. The average molecular weight is 804 g/mol. The van der Waals surface area contributed by atoms with Crippen molar-refractivity contribution in [3.63, 3.8) is 0 Å². The molecule has 0 spiro atoms. The molecule has 10 nitrogen and oxygen atoms in total. The molecule has 2 unspecified atom stereocenters. The molecule has 0 radical (unpaired) electrons. The maximum absolute atomic E-state index is 12.1. The number of ether oxygens (including phenoxy) is 4. The van der Waals surface area contributed by atoms with E-state index in [1.54, 1.807) is 26.8 Å². The number of nitrogens with one attached hydrogen (secondary N) is 1. The number of rotatable bonds is 12. The van der Waals surface area contributed by atoms with Gasteiger partial charge in [-0.05, 0) is 91.3 Å². The Morgan fingerprint density at radius 1 is 0.704 bits per heavy atom. The van der Waals surface area contributed by atoms with Crippen LogP contribution in [0.1, 0.15) is 31.9 Å². The molecule has 54 heavy (non-hydrogen) atoms. The zero-order valence-electron chi connectivity index (χ0n) is 31.5. The number of aliphatic hydroxyl groups is 1. The van der Waals surface area contributed by atoms with E-state index in [1.807, 2.05) is 91.0 Å². The van der Waals surface area contributed by atoms with Gasteiger partial charge in [0, 0.05) is 29.6 Å². The standard InChI is InChI=1S/C22H26ClNO5.C18H20ClNO3.CH3Cl/c1-22(2,3)29-21(27)24-18(19(25)20(26)28-4)12-14-8-10-15(11-9-14)16-6-5-7-17(23)13-16;1-22-17(18(21)23-2)16(20)10-12-6-8-13(9-7-12)14-4-3-5-15(19)11-14;1-2/h5-11,13,18-19,25H,12H2,1-4H3,(H,24,27);3-9,11,16-17H,10,20H2,1-2H3;1H3/t18-,19?;16-,17?;/m11./s1. The molecular formula is C41H49Cl3N2O8. The van der Waals surface area contributed by atoms with E-state index in [4.69, 9.17) is 43.1 Å². The summed E-state index contributed by atoms with van der Waals surface area (Å²) in [6, 6.07) is 29.3. The molecule has 0 heterocycles. The second kappa shape index (κ2) is 22.9. The summed E-state index contributed by atoms with van der Waals surface area (Å²) in [6.45, 7) is 5.19. The number of alkyl carbamates (subject to hydrolysis) is 1. The van der Waals surface area contributed by atoms with Crippen molar-refractivity contribution in [1.29, 1.82) is 0 Å². The normalized spacial score (nSPS) is 13.0. The van der Waals surface area contributed by atoms with E-state index in [1.165, 1.54) is 27.7 Å². The first-order valence-electron chi connectivity index (χ1n) is 16.8. The number of carbonyl (C=O) groups excluding carboxylic acids is 3. The van der Waals surface area contributed by atoms with Gasteiger partial charge in [-0.2, -0.15) is 0 Å². The maximum atomic E-state index is 12.1. The molecule has 13 heteroatoms. The Morgan fingerprint density at radius 3 is 1.54 bits per heavy atom. The van der Waals surface area contributed by atoms with Crippen molar-refractivity contribution in [2.24, 2.45) is 5.73 Å². The monoisotopic (exact) mass is 802 g/mol. The molecule has 0 bridgehead atoms. The number of hydrogen-bond donors (Lipinski definition) is 3. The van der Waals surface area contributed by atoms with E-state index in [9.17, 15) is 19.5 Å². The minimum Gasteiger partial charge on any atom is -0.467 e. The molecule has 4 atom stereocenters. The predicted octanol–water partition coefficient (Wildman–Crippen LogP) is 7.90. The van der Waals surface area contributed by atoms with Crippen molar-refractivity contribution in [3.8, 4) is 22.3 Å². The predicted molar refractivity (Wildman–Crippen MR) is 215 cm³/mol. The van der Waals surface area contributed by atoms with E-state index < -0.39 is 47.9 Å². The van der Waals surface area contributed by atoms with Gasteiger partial charge < -0.3 is 35.1 Å². The van der Waals surface area contributed by atoms with Crippen molar-refractivity contribution < 1.29 is 38.4 Å². The van der Waals surface area contributed by atoms with Gasteiger partial charge in [0.2, 0.25) is 0 Å². The summed E-state index contributed by atoms with van der Waals surface area (Å²) < 4.78 is 19.7. The van der Waals surface area contributed by atoms with Crippen molar-refractivity contribution >= 4 is 52.8 Å². The first-order chi connectivity index (χ1) is 25.6. The van der Waals surface area contributed by atoms with E-state index in [0.717, 1.165) is 33.4 Å². The van der Waals surface area contributed by atoms with Crippen molar-refractivity contribution in [2.75, 3.05) is 27.7 Å². The van der Waals surface area contributed by atoms with Crippen molar-refractivity contribution in [1.82, 2.24) is 5.32 Å². The molecule has 0 fully saturated rings. The van der Waals surface area contributed by atoms with Crippen LogP contribution in [0.15, 0.2) is 97.1 Å². The molecule has 4 N–H and O–H groups in total. The third-order valence-corrected chi connectivity index (χ3v) is 8.22. The molecule has 4 aromatic carbocycles. The van der Waals surface area contributed by atoms with Crippen molar-refractivity contribution in [2.45, 2.75) is 63.5 Å². The molecule has 4 aromatic rings. The van der Waals surface area contributed by atoms with Gasteiger partial charge >= 0.3 is 18.0 Å². The van der Waals surface area contributed by atoms with Crippen LogP contribution in [0, 0.1) is 0 Å². The van der Waals surface area contributed by atoms with Gasteiger partial charge in [0.05, 0.1) is 20.3 Å². The van der Waals surface area contributed by atoms with Crippen molar-refractivity contribution in [3.05, 3.63) is 118 Å². The Morgan fingerprint density at radius 2 is 1.15 bits per heavy atom. The lowest BCUT2D eigenvalue weighted by atomic mass is 9.98. The van der Waals surface area contributed by atoms with Gasteiger partial charge in [-0.1, -0.05) is 96.0 Å². The minimum atomic E-state index is -1.53. The highest BCUT2D eigenvalue weighted by molar-refractivity contribution is 6.31. The average Bonchev–Trinajstić information content (AvgIpc) is 3.15. The summed E-state index contributed by atoms with van der Waals surface area (Å²) in [4.78, 5) is 35.5. The highest BCUT2D eigenvalue weighted by atomic mass is 35.5. The molecule has 292 valence electrons. The Bertz CT molecular complexity index is 1770. The van der Waals surface area contributed by atoms with Crippen LogP contribution in [-0.2, 0) is 41.4 Å². The largest absolute Gasteiger partial charge is 0.467 e. The Kier molecular flexibility index (Phi) is 19.5. The van der Waals surface area contributed by atoms with Crippen LogP contribution in [-0.4, -0.2) is 80.7 Å². The molecule has 0 aliphatic carbocycles. The first kappa shape index (κ1) is 46.0. The van der Waals surface area contributed by atoms with Gasteiger partial charge in [0.15, 0.2) is 12.2 Å². The maximum Gasteiger partial charge on any atom is 0.407 e. The quantitative estimate of drug-likeness (QED) is 0.0739. The molecule has 0 aliphatic rings. The number of aliphatic hydroxyl groups excluding tert-OH is 1. The summed E-state index contributed by atoms with van der Waals surface area (Å²) in [5.41, 5.74) is 11.3. The molecule has 4 rings (SSSR count). The lowest BCUT2D eigenvalue weighted by Gasteiger charge is -2.25. The van der Waals surface area contributed by atoms with Gasteiger partial charge in [0.25, 0.3) is 0 Å².